The maximum absolute atomic E-state index is 14.0. The molecule has 2 aromatic carbocycles. The van der Waals surface area contributed by atoms with E-state index in [-0.39, 0.29) is 24.2 Å². The molecule has 1 aromatic heterocycles. The zero-order valence-electron chi connectivity index (χ0n) is 19.3. The first-order chi connectivity index (χ1) is 16.0. The number of amides is 1. The second kappa shape index (κ2) is 9.98. The van der Waals surface area contributed by atoms with Gasteiger partial charge in [-0.2, -0.15) is 0 Å². The van der Waals surface area contributed by atoms with E-state index in [9.17, 15) is 9.18 Å². The van der Waals surface area contributed by atoms with Crippen molar-refractivity contribution in [3.63, 3.8) is 0 Å². The Bertz CT molecular complexity index is 1130. The van der Waals surface area contributed by atoms with E-state index in [0.29, 0.717) is 18.1 Å². The van der Waals surface area contributed by atoms with E-state index in [1.165, 1.54) is 12.1 Å². The lowest BCUT2D eigenvalue weighted by Crippen LogP contribution is -2.40. The van der Waals surface area contributed by atoms with Crippen LogP contribution in [-0.4, -0.2) is 48.5 Å². The van der Waals surface area contributed by atoms with Crippen LogP contribution < -0.4 is 9.64 Å². The Morgan fingerprint density at radius 1 is 1.18 bits per heavy atom. The molecule has 7 heteroatoms. The smallest absolute Gasteiger partial charge is 0.227 e. The van der Waals surface area contributed by atoms with Gasteiger partial charge in [0.1, 0.15) is 11.6 Å². The lowest BCUT2D eigenvalue weighted by atomic mass is 9.93. The van der Waals surface area contributed by atoms with Crippen LogP contribution in [0.5, 0.6) is 5.75 Å². The number of rotatable bonds is 6. The molecule has 1 aliphatic rings. The molecule has 0 radical (unpaired) electrons. The van der Waals surface area contributed by atoms with Crippen molar-refractivity contribution in [1.82, 2.24) is 14.9 Å². The molecule has 172 valence electrons. The van der Waals surface area contributed by atoms with Gasteiger partial charge in [0.2, 0.25) is 11.9 Å². The van der Waals surface area contributed by atoms with Crippen molar-refractivity contribution in [2.75, 3.05) is 32.6 Å². The van der Waals surface area contributed by atoms with Gasteiger partial charge in [0.25, 0.3) is 0 Å². The number of hydrogen-bond donors (Lipinski definition) is 0. The number of nitrogens with zero attached hydrogens (tertiary/aromatic N) is 4. The van der Waals surface area contributed by atoms with Crippen molar-refractivity contribution in [1.29, 1.82) is 0 Å². The van der Waals surface area contributed by atoms with Gasteiger partial charge in [-0.3, -0.25) is 4.79 Å². The average Bonchev–Trinajstić information content (AvgIpc) is 2.83. The Hall–Kier alpha value is -3.48. The van der Waals surface area contributed by atoms with Crippen LogP contribution in [-0.2, 0) is 11.2 Å². The van der Waals surface area contributed by atoms with Crippen LogP contribution in [0.1, 0.15) is 36.6 Å². The van der Waals surface area contributed by atoms with Gasteiger partial charge in [-0.05, 0) is 54.7 Å². The van der Waals surface area contributed by atoms with Crippen LogP contribution in [0.3, 0.4) is 0 Å². The van der Waals surface area contributed by atoms with Crippen LogP contribution in [0.15, 0.2) is 54.7 Å². The summed E-state index contributed by atoms with van der Waals surface area (Å²) in [5.41, 5.74) is 3.14. The normalized spacial score (nSPS) is 15.9. The molecule has 0 bridgehead atoms. The number of likely N-dealkylation sites (tertiary alicyclic amines) is 1. The number of carbonyl (C=O) groups excluding carboxylic acids is 1. The van der Waals surface area contributed by atoms with E-state index >= 15 is 0 Å². The number of benzene rings is 2. The predicted octanol–water partition coefficient (Wildman–Crippen LogP) is 4.65. The topological polar surface area (TPSA) is 58.6 Å². The minimum absolute atomic E-state index is 0.0446. The molecule has 1 aliphatic heterocycles. The number of hydrogen-bond acceptors (Lipinski definition) is 5. The van der Waals surface area contributed by atoms with Crippen molar-refractivity contribution >= 4 is 11.9 Å². The Morgan fingerprint density at radius 3 is 2.76 bits per heavy atom. The predicted molar refractivity (Wildman–Crippen MR) is 127 cm³/mol. The van der Waals surface area contributed by atoms with E-state index in [0.717, 1.165) is 41.8 Å². The van der Waals surface area contributed by atoms with Crippen molar-refractivity contribution in [2.45, 2.75) is 31.7 Å². The number of aromatic nitrogens is 2. The maximum atomic E-state index is 14.0. The SMILES string of the molecule is COc1cccc(CC(=O)N2CCCC[C@H]2c2nc(N(C)C)ncc2-c2cccc(F)c2)c1. The molecule has 3 aromatic rings. The summed E-state index contributed by atoms with van der Waals surface area (Å²) < 4.78 is 19.3. The summed E-state index contributed by atoms with van der Waals surface area (Å²) in [5, 5.41) is 0. The molecule has 2 heterocycles. The number of ether oxygens (including phenoxy) is 1. The van der Waals surface area contributed by atoms with Crippen LogP contribution >= 0.6 is 0 Å². The van der Waals surface area contributed by atoms with Crippen LogP contribution in [0.2, 0.25) is 0 Å². The Labute approximate surface area is 194 Å². The molecule has 0 aliphatic carbocycles. The first-order valence-corrected chi connectivity index (χ1v) is 11.2. The molecule has 1 fully saturated rings. The van der Waals surface area contributed by atoms with E-state index in [2.05, 4.69) is 4.98 Å². The number of halogens is 1. The van der Waals surface area contributed by atoms with Crippen molar-refractivity contribution in [3.05, 3.63) is 71.8 Å². The summed E-state index contributed by atoms with van der Waals surface area (Å²) in [7, 11) is 5.38. The highest BCUT2D eigenvalue weighted by molar-refractivity contribution is 5.80. The Kier molecular flexibility index (Phi) is 6.87. The van der Waals surface area contributed by atoms with Crippen molar-refractivity contribution in [3.8, 4) is 16.9 Å². The quantitative estimate of drug-likeness (QED) is 0.549. The van der Waals surface area contributed by atoms with Gasteiger partial charge in [-0.25, -0.2) is 14.4 Å². The molecule has 6 nitrogen and oxygen atoms in total. The number of methoxy groups -OCH3 is 1. The highest BCUT2D eigenvalue weighted by Gasteiger charge is 2.31. The van der Waals surface area contributed by atoms with E-state index in [1.807, 2.05) is 54.2 Å². The fourth-order valence-electron chi connectivity index (χ4n) is 4.31. The molecular formula is C26H29FN4O2. The molecule has 4 rings (SSSR count). The zero-order valence-corrected chi connectivity index (χ0v) is 19.3. The second-order valence-electron chi connectivity index (χ2n) is 8.50. The van der Waals surface area contributed by atoms with E-state index < -0.39 is 0 Å². The summed E-state index contributed by atoms with van der Waals surface area (Å²) in [4.78, 5) is 26.5. The Morgan fingerprint density at radius 2 is 2.00 bits per heavy atom. The fourth-order valence-corrected chi connectivity index (χ4v) is 4.31. The fraction of sp³-hybridized carbons (Fsp3) is 0.346. The molecule has 0 N–H and O–H groups in total. The van der Waals surface area contributed by atoms with E-state index in [4.69, 9.17) is 9.72 Å². The monoisotopic (exact) mass is 448 g/mol. The standard InChI is InChI=1S/C26H29FN4O2/c1-30(2)26-28-17-22(19-9-7-10-20(27)16-19)25(29-26)23-12-4-5-13-31(23)24(32)15-18-8-6-11-21(14-18)33-3/h6-11,14,16-17,23H,4-5,12-13,15H2,1-3H3/t23-/m0/s1. The van der Waals surface area contributed by atoms with Gasteiger partial charge < -0.3 is 14.5 Å². The van der Waals surface area contributed by atoms with Crippen LogP contribution in [0.25, 0.3) is 11.1 Å². The second-order valence-corrected chi connectivity index (χ2v) is 8.50. The van der Waals surface area contributed by atoms with E-state index in [1.54, 1.807) is 19.4 Å². The lowest BCUT2D eigenvalue weighted by molar-refractivity contribution is -0.134. The molecule has 1 saturated heterocycles. The van der Waals surface area contributed by atoms with Gasteiger partial charge in [0, 0.05) is 32.4 Å². The summed E-state index contributed by atoms with van der Waals surface area (Å²) >= 11 is 0. The van der Waals surface area contributed by atoms with Crippen molar-refractivity contribution < 1.29 is 13.9 Å². The van der Waals surface area contributed by atoms with Gasteiger partial charge in [0.15, 0.2) is 0 Å². The third kappa shape index (κ3) is 5.13. The molecule has 0 spiro atoms. The van der Waals surface area contributed by atoms with Gasteiger partial charge in [0.05, 0.1) is 25.3 Å². The summed E-state index contributed by atoms with van der Waals surface area (Å²) in [6, 6.07) is 13.8. The first-order valence-electron chi connectivity index (χ1n) is 11.2. The summed E-state index contributed by atoms with van der Waals surface area (Å²) in [6.45, 7) is 0.664. The molecule has 1 atom stereocenters. The molecule has 1 amide bonds. The number of anilines is 1. The zero-order chi connectivity index (χ0) is 23.4. The molecule has 0 unspecified atom stereocenters. The van der Waals surface area contributed by atoms with Gasteiger partial charge >= 0.3 is 0 Å². The molecular weight excluding hydrogens is 419 g/mol. The first kappa shape index (κ1) is 22.7. The third-order valence-electron chi connectivity index (χ3n) is 5.97. The molecule has 33 heavy (non-hydrogen) atoms. The van der Waals surface area contributed by atoms with Gasteiger partial charge in [-0.1, -0.05) is 24.3 Å². The number of carbonyl (C=O) groups is 1. The largest absolute Gasteiger partial charge is 0.497 e. The van der Waals surface area contributed by atoms with Gasteiger partial charge in [-0.15, -0.1) is 0 Å². The minimum Gasteiger partial charge on any atom is -0.497 e. The van der Waals surface area contributed by atoms with Crippen LogP contribution in [0, 0.1) is 5.82 Å². The lowest BCUT2D eigenvalue weighted by Gasteiger charge is -2.36. The third-order valence-corrected chi connectivity index (χ3v) is 5.97. The summed E-state index contributed by atoms with van der Waals surface area (Å²) in [6.07, 6.45) is 4.77. The number of piperidine rings is 1. The molecule has 0 saturated carbocycles. The average molecular weight is 449 g/mol. The minimum atomic E-state index is -0.315. The van der Waals surface area contributed by atoms with Crippen molar-refractivity contribution in [2.24, 2.45) is 0 Å². The summed E-state index contributed by atoms with van der Waals surface area (Å²) in [5.74, 6) is 1.03. The highest BCUT2D eigenvalue weighted by atomic mass is 19.1. The highest BCUT2D eigenvalue weighted by Crippen LogP contribution is 2.37. The van der Waals surface area contributed by atoms with Crippen LogP contribution in [0.4, 0.5) is 10.3 Å². The Balaban J connectivity index is 1.71. The maximum Gasteiger partial charge on any atom is 0.227 e.